The molecule has 2 heterocycles. The molecule has 2 unspecified atom stereocenters. The van der Waals surface area contributed by atoms with Gasteiger partial charge in [0, 0.05) is 25.2 Å². The van der Waals surface area contributed by atoms with Crippen LogP contribution in [0.2, 0.25) is 0 Å². The zero-order chi connectivity index (χ0) is 13.9. The van der Waals surface area contributed by atoms with Crippen molar-refractivity contribution < 1.29 is 9.47 Å². The molecule has 110 valence electrons. The summed E-state index contributed by atoms with van der Waals surface area (Å²) in [4.78, 5) is 2.64. The van der Waals surface area contributed by atoms with Gasteiger partial charge in [0.15, 0.2) is 11.5 Å². The van der Waals surface area contributed by atoms with E-state index in [9.17, 15) is 0 Å². The first-order chi connectivity index (χ1) is 9.83. The highest BCUT2D eigenvalue weighted by atomic mass is 16.5. The van der Waals surface area contributed by atoms with Crippen LogP contribution in [0.15, 0.2) is 18.2 Å². The van der Waals surface area contributed by atoms with E-state index in [1.807, 2.05) is 6.07 Å². The Morgan fingerprint density at radius 1 is 1.10 bits per heavy atom. The Kier molecular flexibility index (Phi) is 4.13. The van der Waals surface area contributed by atoms with Crippen molar-refractivity contribution in [2.24, 2.45) is 0 Å². The molecule has 4 nitrogen and oxygen atoms in total. The lowest BCUT2D eigenvalue weighted by Crippen LogP contribution is -2.54. The second-order valence-corrected chi connectivity index (χ2v) is 5.65. The van der Waals surface area contributed by atoms with Crippen LogP contribution in [-0.2, 0) is 0 Å². The van der Waals surface area contributed by atoms with E-state index in [1.54, 1.807) is 14.2 Å². The van der Waals surface area contributed by atoms with Crippen molar-refractivity contribution in [3.63, 3.8) is 0 Å². The highest BCUT2D eigenvalue weighted by Gasteiger charge is 2.33. The summed E-state index contributed by atoms with van der Waals surface area (Å²) in [5.74, 6) is 1.62. The Labute approximate surface area is 121 Å². The first kappa shape index (κ1) is 13.7. The number of nitrogens with one attached hydrogen (secondary N) is 1. The van der Waals surface area contributed by atoms with Gasteiger partial charge in [0.25, 0.3) is 0 Å². The van der Waals surface area contributed by atoms with Crippen molar-refractivity contribution in [3.05, 3.63) is 23.8 Å². The molecule has 0 amide bonds. The van der Waals surface area contributed by atoms with Gasteiger partial charge in [-0.2, -0.15) is 0 Å². The van der Waals surface area contributed by atoms with Crippen molar-refractivity contribution in [2.45, 2.75) is 31.3 Å². The van der Waals surface area contributed by atoms with Crippen LogP contribution in [0.25, 0.3) is 0 Å². The van der Waals surface area contributed by atoms with Gasteiger partial charge in [-0.3, -0.25) is 4.90 Å². The third-order valence-electron chi connectivity index (χ3n) is 4.58. The van der Waals surface area contributed by atoms with Gasteiger partial charge in [0.1, 0.15) is 0 Å². The lowest BCUT2D eigenvalue weighted by molar-refractivity contribution is 0.0830. The van der Waals surface area contributed by atoms with Crippen LogP contribution >= 0.6 is 0 Å². The molecule has 1 aromatic rings. The Bertz CT molecular complexity index is 462. The van der Waals surface area contributed by atoms with E-state index in [4.69, 9.17) is 9.47 Å². The Hall–Kier alpha value is -1.26. The van der Waals surface area contributed by atoms with E-state index in [-0.39, 0.29) is 0 Å². The molecule has 4 heteroatoms. The van der Waals surface area contributed by atoms with Gasteiger partial charge in [-0.1, -0.05) is 12.5 Å². The molecule has 0 radical (unpaired) electrons. The van der Waals surface area contributed by atoms with E-state index in [0.717, 1.165) is 18.0 Å². The third-order valence-corrected chi connectivity index (χ3v) is 4.58. The number of piperidine rings is 1. The standard InChI is InChI=1S/C16H24N2O2/c1-19-14-7-6-12(11-15(14)20-2)16-13-5-3-4-9-18(13)10-8-17-16/h6-7,11,13,16-17H,3-5,8-10H2,1-2H3. The fourth-order valence-corrected chi connectivity index (χ4v) is 3.56. The van der Waals surface area contributed by atoms with E-state index in [1.165, 1.54) is 37.9 Å². The average molecular weight is 276 g/mol. The largest absolute Gasteiger partial charge is 0.493 e. The van der Waals surface area contributed by atoms with Crippen molar-refractivity contribution in [1.29, 1.82) is 0 Å². The molecule has 0 aromatic heterocycles. The van der Waals surface area contributed by atoms with Gasteiger partial charge in [0.2, 0.25) is 0 Å². The average Bonchev–Trinajstić information content (AvgIpc) is 2.53. The van der Waals surface area contributed by atoms with E-state index >= 15 is 0 Å². The highest BCUT2D eigenvalue weighted by Crippen LogP contribution is 2.35. The van der Waals surface area contributed by atoms with Crippen LogP contribution in [-0.4, -0.2) is 44.8 Å². The van der Waals surface area contributed by atoms with Gasteiger partial charge in [-0.05, 0) is 37.1 Å². The van der Waals surface area contributed by atoms with Crippen LogP contribution < -0.4 is 14.8 Å². The molecule has 3 rings (SSSR count). The summed E-state index contributed by atoms with van der Waals surface area (Å²) in [5, 5.41) is 3.69. The summed E-state index contributed by atoms with van der Waals surface area (Å²) < 4.78 is 10.8. The quantitative estimate of drug-likeness (QED) is 0.917. The van der Waals surface area contributed by atoms with Crippen molar-refractivity contribution in [3.8, 4) is 11.5 Å². The number of hydrogen-bond acceptors (Lipinski definition) is 4. The minimum absolute atomic E-state index is 0.406. The van der Waals surface area contributed by atoms with E-state index in [2.05, 4.69) is 22.3 Å². The summed E-state index contributed by atoms with van der Waals surface area (Å²) >= 11 is 0. The molecule has 2 atom stereocenters. The molecule has 1 aromatic carbocycles. The molecule has 2 aliphatic rings. The summed E-state index contributed by atoms with van der Waals surface area (Å²) in [6.07, 6.45) is 3.97. The number of piperazine rings is 1. The van der Waals surface area contributed by atoms with Crippen molar-refractivity contribution in [1.82, 2.24) is 10.2 Å². The van der Waals surface area contributed by atoms with Gasteiger partial charge in [0.05, 0.1) is 14.2 Å². The highest BCUT2D eigenvalue weighted by molar-refractivity contribution is 5.44. The Morgan fingerprint density at radius 2 is 1.95 bits per heavy atom. The van der Waals surface area contributed by atoms with Crippen LogP contribution in [0, 0.1) is 0 Å². The maximum absolute atomic E-state index is 5.44. The zero-order valence-electron chi connectivity index (χ0n) is 12.4. The van der Waals surface area contributed by atoms with Crippen LogP contribution in [0.5, 0.6) is 11.5 Å². The fourth-order valence-electron chi connectivity index (χ4n) is 3.56. The lowest BCUT2D eigenvalue weighted by atomic mass is 9.89. The SMILES string of the molecule is COc1ccc(C2NCCN3CCCCC23)cc1OC. The Balaban J connectivity index is 1.87. The van der Waals surface area contributed by atoms with E-state index < -0.39 is 0 Å². The molecule has 0 aliphatic carbocycles. The second kappa shape index (κ2) is 6.02. The molecular formula is C16H24N2O2. The molecule has 0 spiro atoms. The molecular weight excluding hydrogens is 252 g/mol. The summed E-state index contributed by atoms with van der Waals surface area (Å²) in [7, 11) is 3.38. The van der Waals surface area contributed by atoms with Crippen LogP contribution in [0.3, 0.4) is 0 Å². The number of hydrogen-bond donors (Lipinski definition) is 1. The first-order valence-electron chi connectivity index (χ1n) is 7.53. The number of rotatable bonds is 3. The number of nitrogens with zero attached hydrogens (tertiary/aromatic N) is 1. The molecule has 2 fully saturated rings. The fraction of sp³-hybridized carbons (Fsp3) is 0.625. The summed E-state index contributed by atoms with van der Waals surface area (Å²) in [6, 6.07) is 7.32. The van der Waals surface area contributed by atoms with E-state index in [0.29, 0.717) is 12.1 Å². The summed E-state index contributed by atoms with van der Waals surface area (Å²) in [5.41, 5.74) is 1.30. The number of methoxy groups -OCH3 is 2. The smallest absolute Gasteiger partial charge is 0.161 e. The Morgan fingerprint density at radius 3 is 2.75 bits per heavy atom. The lowest BCUT2D eigenvalue weighted by Gasteiger charge is -2.45. The molecule has 2 saturated heterocycles. The molecule has 2 aliphatic heterocycles. The number of fused-ring (bicyclic) bond motifs is 1. The first-order valence-corrected chi connectivity index (χ1v) is 7.53. The predicted molar refractivity (Wildman–Crippen MR) is 79.5 cm³/mol. The zero-order valence-corrected chi connectivity index (χ0v) is 12.4. The molecule has 0 bridgehead atoms. The van der Waals surface area contributed by atoms with Crippen LogP contribution in [0.1, 0.15) is 30.9 Å². The summed E-state index contributed by atoms with van der Waals surface area (Å²) in [6.45, 7) is 3.49. The monoisotopic (exact) mass is 276 g/mol. The second-order valence-electron chi connectivity index (χ2n) is 5.65. The molecule has 1 N–H and O–H groups in total. The third kappa shape index (κ3) is 2.50. The maximum atomic E-state index is 5.44. The van der Waals surface area contributed by atoms with Gasteiger partial charge >= 0.3 is 0 Å². The van der Waals surface area contributed by atoms with Crippen LogP contribution in [0.4, 0.5) is 0 Å². The van der Waals surface area contributed by atoms with Gasteiger partial charge < -0.3 is 14.8 Å². The number of benzene rings is 1. The number of ether oxygens (including phenoxy) is 2. The predicted octanol–water partition coefficient (Wildman–Crippen LogP) is 2.20. The topological polar surface area (TPSA) is 33.7 Å². The van der Waals surface area contributed by atoms with Gasteiger partial charge in [-0.25, -0.2) is 0 Å². The molecule has 0 saturated carbocycles. The van der Waals surface area contributed by atoms with Crippen molar-refractivity contribution >= 4 is 0 Å². The van der Waals surface area contributed by atoms with Gasteiger partial charge in [-0.15, -0.1) is 0 Å². The maximum Gasteiger partial charge on any atom is 0.161 e. The van der Waals surface area contributed by atoms with Crippen molar-refractivity contribution in [2.75, 3.05) is 33.9 Å². The minimum atomic E-state index is 0.406. The molecule has 20 heavy (non-hydrogen) atoms. The normalized spacial score (nSPS) is 26.9. The minimum Gasteiger partial charge on any atom is -0.493 e.